The van der Waals surface area contributed by atoms with E-state index in [2.05, 4.69) is 0 Å². The first-order valence-corrected chi connectivity index (χ1v) is 13.5. The largest absolute Gasteiger partial charge is 0.311 e. The molecule has 0 saturated heterocycles. The third-order valence-electron chi connectivity index (χ3n) is 7.33. The van der Waals surface area contributed by atoms with E-state index in [0.717, 1.165) is 36.4 Å². The van der Waals surface area contributed by atoms with Gasteiger partial charge < -0.3 is 4.90 Å². The number of nitrogens with zero attached hydrogens (tertiary/aromatic N) is 1. The highest BCUT2D eigenvalue weighted by molar-refractivity contribution is 5.81. The molecule has 0 radical (unpaired) electrons. The summed E-state index contributed by atoms with van der Waals surface area (Å²) in [6, 6.07) is 24.3. The van der Waals surface area contributed by atoms with Gasteiger partial charge in [0.1, 0.15) is 0 Å². The Morgan fingerprint density at radius 3 is 0.652 bits per heavy atom. The van der Waals surface area contributed by atoms with Crippen molar-refractivity contribution in [1.82, 2.24) is 0 Å². The molecule has 230 valence electrons. The second kappa shape index (κ2) is 12.1. The summed E-state index contributed by atoms with van der Waals surface area (Å²) < 4.78 is 124. The number of halogens is 9. The molecule has 6 rings (SSSR count). The van der Waals surface area contributed by atoms with Crippen molar-refractivity contribution in [1.29, 1.82) is 0 Å². The molecule has 0 aliphatic carbocycles. The number of hydrogen-bond acceptors (Lipinski definition) is 1. The summed E-state index contributed by atoms with van der Waals surface area (Å²) >= 11 is 0. The molecule has 0 aromatic heterocycles. The van der Waals surface area contributed by atoms with Gasteiger partial charge >= 0.3 is 0 Å². The van der Waals surface area contributed by atoms with Crippen molar-refractivity contribution in [3.63, 3.8) is 0 Å². The van der Waals surface area contributed by atoms with E-state index in [1.54, 1.807) is 77.7 Å². The topological polar surface area (TPSA) is 3.24 Å². The van der Waals surface area contributed by atoms with Crippen LogP contribution in [0.2, 0.25) is 0 Å². The maximum absolute atomic E-state index is 13.9. The normalized spacial score (nSPS) is 11.2. The average molecular weight is 636 g/mol. The van der Waals surface area contributed by atoms with Crippen LogP contribution in [0.1, 0.15) is 0 Å². The first kappa shape index (κ1) is 30.5. The standard InChI is InChI=1S/C36H18F9N/c37-28-13-22(14-29(38)34(28)43)19-1-7-25(8-2-19)46(26-9-3-20(4-10-26)23-15-30(39)35(44)31(40)16-23)27-11-5-21(6-12-27)24-17-32(41)36(45)33(42)18-24/h1-18H. The molecule has 0 aliphatic heterocycles. The first-order valence-electron chi connectivity index (χ1n) is 13.5. The lowest BCUT2D eigenvalue weighted by Gasteiger charge is -2.26. The summed E-state index contributed by atoms with van der Waals surface area (Å²) in [5.74, 6) is -12.8. The van der Waals surface area contributed by atoms with Crippen LogP contribution in [0, 0.1) is 52.4 Å². The molecule has 0 saturated carbocycles. The van der Waals surface area contributed by atoms with Crippen molar-refractivity contribution in [3.8, 4) is 33.4 Å². The highest BCUT2D eigenvalue weighted by Gasteiger charge is 2.18. The van der Waals surface area contributed by atoms with Crippen molar-refractivity contribution in [2.24, 2.45) is 0 Å². The molecule has 1 nitrogen and oxygen atoms in total. The summed E-state index contributed by atoms with van der Waals surface area (Å²) in [6.07, 6.45) is 0. The van der Waals surface area contributed by atoms with Gasteiger partial charge in [0.25, 0.3) is 0 Å². The Morgan fingerprint density at radius 1 is 0.261 bits per heavy atom. The fourth-order valence-corrected chi connectivity index (χ4v) is 5.02. The van der Waals surface area contributed by atoms with Crippen molar-refractivity contribution in [2.45, 2.75) is 0 Å². The molecule has 0 amide bonds. The van der Waals surface area contributed by atoms with Crippen molar-refractivity contribution in [2.75, 3.05) is 4.90 Å². The van der Waals surface area contributed by atoms with E-state index in [9.17, 15) is 39.5 Å². The van der Waals surface area contributed by atoms with Gasteiger partial charge in [-0.1, -0.05) is 36.4 Å². The fraction of sp³-hybridized carbons (Fsp3) is 0. The lowest BCUT2D eigenvalue weighted by Crippen LogP contribution is -2.09. The lowest BCUT2D eigenvalue weighted by molar-refractivity contribution is 0.447. The molecular weight excluding hydrogens is 617 g/mol. The summed E-state index contributed by atoms with van der Waals surface area (Å²) in [5.41, 5.74) is 3.04. The fourth-order valence-electron chi connectivity index (χ4n) is 5.02. The van der Waals surface area contributed by atoms with Crippen LogP contribution in [0.15, 0.2) is 109 Å². The third kappa shape index (κ3) is 5.81. The molecule has 6 aromatic carbocycles. The predicted octanol–water partition coefficient (Wildman–Crippen LogP) is 11.4. The highest BCUT2D eigenvalue weighted by atomic mass is 19.2. The van der Waals surface area contributed by atoms with Gasteiger partial charge in [-0.2, -0.15) is 0 Å². The predicted molar refractivity (Wildman–Crippen MR) is 157 cm³/mol. The summed E-state index contributed by atoms with van der Waals surface area (Å²) in [5, 5.41) is 0. The van der Waals surface area contributed by atoms with Crippen LogP contribution >= 0.6 is 0 Å². The van der Waals surface area contributed by atoms with Gasteiger partial charge in [0.05, 0.1) is 0 Å². The molecule has 0 heterocycles. The lowest BCUT2D eigenvalue weighted by atomic mass is 10.0. The third-order valence-corrected chi connectivity index (χ3v) is 7.33. The van der Waals surface area contributed by atoms with Crippen LogP contribution in [-0.2, 0) is 0 Å². The van der Waals surface area contributed by atoms with E-state index in [-0.39, 0.29) is 16.7 Å². The molecule has 6 aromatic rings. The van der Waals surface area contributed by atoms with Crippen molar-refractivity contribution < 1.29 is 39.5 Å². The van der Waals surface area contributed by atoms with Crippen LogP contribution in [0.5, 0.6) is 0 Å². The Bertz CT molecular complexity index is 1770. The minimum atomic E-state index is -1.59. The second-order valence-electron chi connectivity index (χ2n) is 10.2. The minimum absolute atomic E-state index is 0.0979. The number of rotatable bonds is 6. The van der Waals surface area contributed by atoms with Gasteiger partial charge in [-0.25, -0.2) is 39.5 Å². The Kier molecular flexibility index (Phi) is 8.04. The number of anilines is 3. The SMILES string of the molecule is Fc1cc(-c2ccc(N(c3ccc(-c4cc(F)c(F)c(F)c4)cc3)c3ccc(-c4cc(F)c(F)c(F)c4)cc3)cc2)cc(F)c1F. The van der Waals surface area contributed by atoms with Crippen molar-refractivity contribution in [3.05, 3.63) is 162 Å². The van der Waals surface area contributed by atoms with E-state index in [0.29, 0.717) is 33.8 Å². The van der Waals surface area contributed by atoms with Crippen LogP contribution < -0.4 is 4.90 Å². The smallest absolute Gasteiger partial charge is 0.194 e. The van der Waals surface area contributed by atoms with Gasteiger partial charge in [0.2, 0.25) is 0 Å². The minimum Gasteiger partial charge on any atom is -0.311 e. The second-order valence-corrected chi connectivity index (χ2v) is 10.2. The van der Waals surface area contributed by atoms with Crippen LogP contribution in [-0.4, -0.2) is 0 Å². The summed E-state index contributed by atoms with van der Waals surface area (Å²) in [7, 11) is 0. The zero-order valence-electron chi connectivity index (χ0n) is 23.2. The first-order chi connectivity index (χ1) is 22.0. The Morgan fingerprint density at radius 2 is 0.457 bits per heavy atom. The Labute approximate surface area is 256 Å². The van der Waals surface area contributed by atoms with Gasteiger partial charge in [-0.3, -0.25) is 0 Å². The van der Waals surface area contributed by atoms with E-state index in [1.165, 1.54) is 0 Å². The maximum Gasteiger partial charge on any atom is 0.194 e. The van der Waals surface area contributed by atoms with Crippen LogP contribution in [0.3, 0.4) is 0 Å². The summed E-state index contributed by atoms with van der Waals surface area (Å²) in [4.78, 5) is 1.74. The van der Waals surface area contributed by atoms with Gasteiger partial charge in [-0.15, -0.1) is 0 Å². The number of hydrogen-bond donors (Lipinski definition) is 0. The van der Waals surface area contributed by atoms with Crippen LogP contribution in [0.4, 0.5) is 56.6 Å². The molecule has 0 aliphatic rings. The monoisotopic (exact) mass is 635 g/mol. The quantitative estimate of drug-likeness (QED) is 0.130. The molecule has 0 bridgehead atoms. The summed E-state index contributed by atoms with van der Waals surface area (Å²) in [6.45, 7) is 0. The molecule has 0 N–H and O–H groups in total. The number of benzene rings is 6. The van der Waals surface area contributed by atoms with E-state index < -0.39 is 52.4 Å². The molecule has 0 unspecified atom stereocenters. The zero-order valence-corrected chi connectivity index (χ0v) is 23.2. The van der Waals surface area contributed by atoms with E-state index in [4.69, 9.17) is 0 Å². The highest BCUT2D eigenvalue weighted by Crippen LogP contribution is 2.38. The van der Waals surface area contributed by atoms with Crippen LogP contribution in [0.25, 0.3) is 33.4 Å². The van der Waals surface area contributed by atoms with Crippen molar-refractivity contribution >= 4 is 17.1 Å². The zero-order chi connectivity index (χ0) is 32.7. The average Bonchev–Trinajstić information content (AvgIpc) is 3.05. The molecular formula is C36H18F9N. The molecule has 10 heteroatoms. The van der Waals surface area contributed by atoms with Gasteiger partial charge in [0, 0.05) is 17.1 Å². The molecule has 46 heavy (non-hydrogen) atoms. The van der Waals surface area contributed by atoms with Gasteiger partial charge in [-0.05, 0) is 106 Å². The maximum atomic E-state index is 13.9. The van der Waals surface area contributed by atoms with Gasteiger partial charge in [0.15, 0.2) is 52.4 Å². The molecule has 0 spiro atoms. The molecule has 0 fully saturated rings. The van der Waals surface area contributed by atoms with E-state index >= 15 is 0 Å². The van der Waals surface area contributed by atoms with E-state index in [1.807, 2.05) is 0 Å². The Balaban J connectivity index is 1.40. The Hall–Kier alpha value is -5.51. The molecule has 0 atom stereocenters.